The number of nitrogens with one attached hydrogen (secondary N) is 2. The Bertz CT molecular complexity index is 656. The topological polar surface area (TPSA) is 91.4 Å². The van der Waals surface area contributed by atoms with Crippen molar-refractivity contribution >= 4 is 21.7 Å². The third kappa shape index (κ3) is 5.47. The molecule has 0 unspecified atom stereocenters. The Kier molecular flexibility index (Phi) is 5.26. The molecule has 1 aliphatic rings. The van der Waals surface area contributed by atoms with Gasteiger partial charge in [0.25, 0.3) is 0 Å². The molecule has 0 atom stereocenters. The van der Waals surface area contributed by atoms with Crippen LogP contribution in [0.3, 0.4) is 0 Å². The van der Waals surface area contributed by atoms with Gasteiger partial charge in [-0.05, 0) is 30.5 Å². The number of carbonyl (C=O) groups excluding carboxylic acids is 1. The van der Waals surface area contributed by atoms with E-state index in [1.807, 2.05) is 0 Å². The number of sulfone groups is 1. The molecule has 1 aromatic heterocycles. The van der Waals surface area contributed by atoms with E-state index in [4.69, 9.17) is 0 Å². The second kappa shape index (κ2) is 6.84. The van der Waals surface area contributed by atoms with Crippen molar-refractivity contribution in [3.63, 3.8) is 0 Å². The molecule has 2 amide bonds. The summed E-state index contributed by atoms with van der Waals surface area (Å²) in [5.74, 6) is 0.317. The molecule has 0 spiro atoms. The number of aromatic nitrogens is 1. The fourth-order valence-corrected chi connectivity index (χ4v) is 3.14. The van der Waals surface area contributed by atoms with Crippen molar-refractivity contribution < 1.29 is 13.2 Å². The van der Waals surface area contributed by atoms with Crippen LogP contribution in [0, 0.1) is 5.41 Å². The fraction of sp³-hybridized carbons (Fsp3) is 0.600. The number of carbonyl (C=O) groups is 1. The summed E-state index contributed by atoms with van der Waals surface area (Å²) in [6.07, 6.45) is 3.52. The first kappa shape index (κ1) is 17.7. The summed E-state index contributed by atoms with van der Waals surface area (Å²) >= 11 is 0. The van der Waals surface area contributed by atoms with Gasteiger partial charge in [-0.2, -0.15) is 0 Å². The number of rotatable bonds is 5. The van der Waals surface area contributed by atoms with E-state index < -0.39 is 9.84 Å². The molecule has 1 saturated heterocycles. The monoisotopic (exact) mass is 340 g/mol. The highest BCUT2D eigenvalue weighted by molar-refractivity contribution is 7.90. The van der Waals surface area contributed by atoms with Crippen LogP contribution < -0.4 is 10.6 Å². The van der Waals surface area contributed by atoms with Gasteiger partial charge in [-0.1, -0.05) is 13.8 Å². The summed E-state index contributed by atoms with van der Waals surface area (Å²) in [7, 11) is -3.28. The first-order valence-electron chi connectivity index (χ1n) is 7.59. The Balaban J connectivity index is 1.75. The average Bonchev–Trinajstić information content (AvgIpc) is 2.78. The van der Waals surface area contributed by atoms with Crippen LogP contribution in [-0.4, -0.2) is 56.8 Å². The quantitative estimate of drug-likeness (QED) is 0.844. The molecule has 2 N–H and O–H groups in total. The number of hydrogen-bond donors (Lipinski definition) is 2. The molecule has 0 bridgehead atoms. The van der Waals surface area contributed by atoms with E-state index in [-0.39, 0.29) is 10.9 Å². The van der Waals surface area contributed by atoms with Crippen molar-refractivity contribution in [2.24, 2.45) is 5.41 Å². The molecule has 128 valence electrons. The van der Waals surface area contributed by atoms with Gasteiger partial charge >= 0.3 is 6.03 Å². The number of pyridine rings is 1. The van der Waals surface area contributed by atoms with E-state index in [9.17, 15) is 13.2 Å². The second-order valence-corrected chi connectivity index (χ2v) is 8.74. The zero-order chi connectivity index (χ0) is 17.1. The molecular formula is C15H24N4O3S. The lowest BCUT2D eigenvalue weighted by Crippen LogP contribution is -2.36. The molecule has 0 radical (unpaired) electrons. The summed E-state index contributed by atoms with van der Waals surface area (Å²) in [5, 5.41) is 5.37. The smallest absolute Gasteiger partial charge is 0.320 e. The summed E-state index contributed by atoms with van der Waals surface area (Å²) in [6.45, 7) is 7.98. The Morgan fingerprint density at radius 3 is 2.65 bits per heavy atom. The molecule has 0 aliphatic carbocycles. The van der Waals surface area contributed by atoms with Crippen molar-refractivity contribution in [1.29, 1.82) is 0 Å². The molecule has 23 heavy (non-hydrogen) atoms. The summed E-state index contributed by atoms with van der Waals surface area (Å²) < 4.78 is 22.7. The van der Waals surface area contributed by atoms with Crippen molar-refractivity contribution in [3.05, 3.63) is 18.3 Å². The van der Waals surface area contributed by atoms with Crippen LogP contribution in [0.15, 0.2) is 23.2 Å². The first-order chi connectivity index (χ1) is 10.7. The molecule has 1 aliphatic heterocycles. The lowest BCUT2D eigenvalue weighted by molar-refractivity contribution is 0.247. The zero-order valence-corrected chi connectivity index (χ0v) is 14.6. The molecule has 7 nitrogen and oxygen atoms in total. The van der Waals surface area contributed by atoms with Gasteiger partial charge in [-0.25, -0.2) is 18.2 Å². The molecule has 2 heterocycles. The highest BCUT2D eigenvalue weighted by Gasteiger charge is 2.28. The van der Waals surface area contributed by atoms with Crippen molar-refractivity contribution in [3.8, 4) is 0 Å². The maximum absolute atomic E-state index is 11.8. The molecular weight excluding hydrogens is 316 g/mol. The van der Waals surface area contributed by atoms with Crippen molar-refractivity contribution in [2.45, 2.75) is 25.2 Å². The minimum Gasteiger partial charge on any atom is -0.337 e. The predicted octanol–water partition coefficient (Wildman–Crippen LogP) is 1.34. The average molecular weight is 340 g/mol. The zero-order valence-electron chi connectivity index (χ0n) is 13.8. The largest absolute Gasteiger partial charge is 0.337 e. The normalized spacial score (nSPS) is 17.9. The number of amides is 2. The lowest BCUT2D eigenvalue weighted by Gasteiger charge is -2.19. The van der Waals surface area contributed by atoms with Crippen LogP contribution in [0.4, 0.5) is 10.6 Å². The first-order valence-corrected chi connectivity index (χ1v) is 9.48. The van der Waals surface area contributed by atoms with Crippen LogP contribution in [0.5, 0.6) is 0 Å². The van der Waals surface area contributed by atoms with E-state index in [0.717, 1.165) is 25.9 Å². The number of nitrogens with zero attached hydrogens (tertiary/aromatic N) is 2. The third-order valence-electron chi connectivity index (χ3n) is 3.88. The third-order valence-corrected chi connectivity index (χ3v) is 4.97. The summed E-state index contributed by atoms with van der Waals surface area (Å²) in [6, 6.07) is 2.55. The Morgan fingerprint density at radius 1 is 1.39 bits per heavy atom. The molecule has 0 saturated carbocycles. The Hall–Kier alpha value is -1.67. The minimum absolute atomic E-state index is 0.125. The van der Waals surface area contributed by atoms with Gasteiger partial charge in [0.15, 0.2) is 9.84 Å². The Labute approximate surface area is 137 Å². The SMILES string of the molecule is CC1(C)CCN(CCNC(=O)Nc2ccc(S(C)(=O)=O)cn2)C1. The van der Waals surface area contributed by atoms with E-state index in [0.29, 0.717) is 17.8 Å². The molecule has 1 aromatic rings. The summed E-state index contributed by atoms with van der Waals surface area (Å²) in [5.41, 5.74) is 0.355. The maximum Gasteiger partial charge on any atom is 0.320 e. The van der Waals surface area contributed by atoms with Crippen LogP contribution in [-0.2, 0) is 9.84 Å². The van der Waals surface area contributed by atoms with Gasteiger partial charge in [0.2, 0.25) is 0 Å². The van der Waals surface area contributed by atoms with E-state index in [1.54, 1.807) is 0 Å². The van der Waals surface area contributed by atoms with Crippen molar-refractivity contribution in [2.75, 3.05) is 37.8 Å². The molecule has 1 fully saturated rings. The van der Waals surface area contributed by atoms with Gasteiger partial charge in [0, 0.05) is 32.1 Å². The van der Waals surface area contributed by atoms with Gasteiger partial charge in [0.05, 0.1) is 4.90 Å². The van der Waals surface area contributed by atoms with Gasteiger partial charge in [-0.15, -0.1) is 0 Å². The van der Waals surface area contributed by atoms with Gasteiger partial charge < -0.3 is 10.2 Å². The number of hydrogen-bond acceptors (Lipinski definition) is 5. The van der Waals surface area contributed by atoms with Crippen molar-refractivity contribution in [1.82, 2.24) is 15.2 Å². The second-order valence-electron chi connectivity index (χ2n) is 6.72. The van der Waals surface area contributed by atoms with Gasteiger partial charge in [0.1, 0.15) is 5.82 Å². The standard InChI is InChI=1S/C15H24N4O3S/c1-15(2)6-8-19(11-15)9-7-16-14(20)18-13-5-4-12(10-17-13)23(3,21)22/h4-5,10H,6-9,11H2,1-3H3,(H2,16,17,18,20). The molecule has 2 rings (SSSR count). The molecule has 8 heteroatoms. The summed E-state index contributed by atoms with van der Waals surface area (Å²) in [4.78, 5) is 18.2. The maximum atomic E-state index is 11.8. The predicted molar refractivity (Wildman–Crippen MR) is 89.2 cm³/mol. The van der Waals surface area contributed by atoms with Crippen LogP contribution in [0.1, 0.15) is 20.3 Å². The fourth-order valence-electron chi connectivity index (χ4n) is 2.58. The number of anilines is 1. The van der Waals surface area contributed by atoms with E-state index >= 15 is 0 Å². The Morgan fingerprint density at radius 2 is 2.13 bits per heavy atom. The minimum atomic E-state index is -3.28. The van der Waals surface area contributed by atoms with Crippen LogP contribution in [0.25, 0.3) is 0 Å². The molecule has 0 aromatic carbocycles. The van der Waals surface area contributed by atoms with E-state index in [2.05, 4.69) is 34.4 Å². The number of likely N-dealkylation sites (tertiary alicyclic amines) is 1. The van der Waals surface area contributed by atoms with Gasteiger partial charge in [-0.3, -0.25) is 5.32 Å². The van der Waals surface area contributed by atoms with Crippen LogP contribution in [0.2, 0.25) is 0 Å². The highest BCUT2D eigenvalue weighted by atomic mass is 32.2. The van der Waals surface area contributed by atoms with Crippen LogP contribution >= 0.6 is 0 Å². The lowest BCUT2D eigenvalue weighted by atomic mass is 9.93. The van der Waals surface area contributed by atoms with E-state index in [1.165, 1.54) is 24.8 Å². The highest BCUT2D eigenvalue weighted by Crippen LogP contribution is 2.28. The number of urea groups is 1.